The van der Waals surface area contributed by atoms with Gasteiger partial charge in [-0.2, -0.15) is 0 Å². The maximum Gasteiger partial charge on any atom is 0.237 e. The molecule has 1 aromatic carbocycles. The van der Waals surface area contributed by atoms with Crippen LogP contribution in [0.15, 0.2) is 35.7 Å². The van der Waals surface area contributed by atoms with Crippen LogP contribution in [0.5, 0.6) is 5.75 Å². The standard InChI is InChI=1S/C23H30FN3O4S2/c1-31-22-5-4-18(13-21(22)24)14-25-7-9-26(10-8-25)16-23(28)27(15-20-3-2-11-32-20)19-6-12-33(29,30)17-19/h2-5,11,13,19H,6-10,12,14-17H2,1H3/t19-/m0/s1. The number of methoxy groups -OCH3 is 1. The van der Waals surface area contributed by atoms with Gasteiger partial charge in [0.1, 0.15) is 0 Å². The van der Waals surface area contributed by atoms with Crippen molar-refractivity contribution < 1.29 is 22.3 Å². The summed E-state index contributed by atoms with van der Waals surface area (Å²) in [7, 11) is -1.63. The quantitative estimate of drug-likeness (QED) is 0.560. The summed E-state index contributed by atoms with van der Waals surface area (Å²) in [4.78, 5) is 20.4. The van der Waals surface area contributed by atoms with Crippen molar-refractivity contribution in [3.8, 4) is 5.75 Å². The SMILES string of the molecule is COc1ccc(CN2CCN(CC(=O)N(Cc3cccs3)[C@H]3CCS(=O)(=O)C3)CC2)cc1F. The first-order valence-electron chi connectivity index (χ1n) is 11.1. The fourth-order valence-corrected chi connectivity index (χ4v) is 6.90. The van der Waals surface area contributed by atoms with Crippen molar-refractivity contribution in [2.75, 3.05) is 51.3 Å². The molecule has 7 nitrogen and oxygen atoms in total. The summed E-state index contributed by atoms with van der Waals surface area (Å²) in [5.74, 6) is 0.0618. The highest BCUT2D eigenvalue weighted by Crippen LogP contribution is 2.23. The molecule has 0 saturated carbocycles. The summed E-state index contributed by atoms with van der Waals surface area (Å²) in [6, 6.07) is 8.70. The number of rotatable bonds is 8. The molecule has 1 atom stereocenters. The van der Waals surface area contributed by atoms with Crippen LogP contribution in [0.25, 0.3) is 0 Å². The van der Waals surface area contributed by atoms with Crippen molar-refractivity contribution >= 4 is 27.1 Å². The predicted molar refractivity (Wildman–Crippen MR) is 127 cm³/mol. The van der Waals surface area contributed by atoms with Crippen LogP contribution in [0, 0.1) is 5.82 Å². The Hall–Kier alpha value is -2.01. The van der Waals surface area contributed by atoms with Gasteiger partial charge in [-0.3, -0.25) is 14.6 Å². The minimum Gasteiger partial charge on any atom is -0.494 e. The second-order valence-electron chi connectivity index (χ2n) is 8.68. The normalized spacial score (nSPS) is 21.2. The van der Waals surface area contributed by atoms with Gasteiger partial charge in [-0.25, -0.2) is 12.8 Å². The van der Waals surface area contributed by atoms with Crippen LogP contribution in [-0.2, 0) is 27.7 Å². The maximum atomic E-state index is 14.0. The Morgan fingerprint density at radius 3 is 2.58 bits per heavy atom. The average Bonchev–Trinajstić information content (AvgIpc) is 3.42. The van der Waals surface area contributed by atoms with Crippen molar-refractivity contribution in [1.82, 2.24) is 14.7 Å². The molecule has 0 radical (unpaired) electrons. The molecule has 1 amide bonds. The van der Waals surface area contributed by atoms with Crippen LogP contribution in [0.4, 0.5) is 4.39 Å². The lowest BCUT2D eigenvalue weighted by Crippen LogP contribution is -2.51. The third kappa shape index (κ3) is 6.32. The predicted octanol–water partition coefficient (Wildman–Crippen LogP) is 2.23. The minimum atomic E-state index is -3.08. The summed E-state index contributed by atoms with van der Waals surface area (Å²) in [5.41, 5.74) is 0.891. The smallest absolute Gasteiger partial charge is 0.237 e. The van der Waals surface area contributed by atoms with Gasteiger partial charge in [0.25, 0.3) is 0 Å². The highest BCUT2D eigenvalue weighted by atomic mass is 32.2. The summed E-state index contributed by atoms with van der Waals surface area (Å²) in [5, 5.41) is 1.97. The number of thiophene rings is 1. The molecule has 0 spiro atoms. The molecule has 33 heavy (non-hydrogen) atoms. The fraction of sp³-hybridized carbons (Fsp3) is 0.522. The molecule has 0 N–H and O–H groups in total. The molecule has 4 rings (SSSR count). The Balaban J connectivity index is 1.32. The zero-order valence-corrected chi connectivity index (χ0v) is 20.4. The lowest BCUT2D eigenvalue weighted by atomic mass is 10.1. The number of ether oxygens (including phenoxy) is 1. The molecule has 2 aliphatic heterocycles. The Morgan fingerprint density at radius 1 is 1.21 bits per heavy atom. The van der Waals surface area contributed by atoms with E-state index < -0.39 is 9.84 Å². The van der Waals surface area contributed by atoms with E-state index in [1.807, 2.05) is 23.6 Å². The van der Waals surface area contributed by atoms with Crippen LogP contribution in [0.1, 0.15) is 16.9 Å². The minimum absolute atomic E-state index is 0.0174. The molecule has 2 saturated heterocycles. The molecule has 2 aromatic rings. The van der Waals surface area contributed by atoms with Crippen molar-refractivity contribution in [1.29, 1.82) is 0 Å². The van der Waals surface area contributed by atoms with Crippen LogP contribution in [0.3, 0.4) is 0 Å². The molecule has 0 aliphatic carbocycles. The van der Waals surface area contributed by atoms with Crippen molar-refractivity contribution in [2.24, 2.45) is 0 Å². The fourth-order valence-electron chi connectivity index (χ4n) is 4.47. The molecule has 3 heterocycles. The monoisotopic (exact) mass is 495 g/mol. The molecule has 0 bridgehead atoms. The van der Waals surface area contributed by atoms with Gasteiger partial charge < -0.3 is 9.64 Å². The first-order valence-corrected chi connectivity index (χ1v) is 13.8. The van der Waals surface area contributed by atoms with E-state index in [0.29, 0.717) is 19.5 Å². The summed E-state index contributed by atoms with van der Waals surface area (Å²) in [6.07, 6.45) is 0.506. The highest BCUT2D eigenvalue weighted by molar-refractivity contribution is 7.91. The van der Waals surface area contributed by atoms with E-state index in [1.54, 1.807) is 22.3 Å². The average molecular weight is 496 g/mol. The Bertz CT molecular complexity index is 1050. The largest absolute Gasteiger partial charge is 0.494 e. The van der Waals surface area contributed by atoms with Crippen LogP contribution in [-0.4, -0.2) is 86.4 Å². The van der Waals surface area contributed by atoms with E-state index in [1.165, 1.54) is 13.2 Å². The van der Waals surface area contributed by atoms with E-state index in [-0.39, 0.29) is 41.6 Å². The number of halogens is 1. The summed E-state index contributed by atoms with van der Waals surface area (Å²) in [6.45, 7) is 4.42. The number of nitrogens with zero attached hydrogens (tertiary/aromatic N) is 3. The Kier molecular flexibility index (Phi) is 7.68. The zero-order chi connectivity index (χ0) is 23.4. The van der Waals surface area contributed by atoms with Gasteiger partial charge in [-0.15, -0.1) is 11.3 Å². The Morgan fingerprint density at radius 2 is 1.97 bits per heavy atom. The van der Waals surface area contributed by atoms with E-state index in [4.69, 9.17) is 4.74 Å². The van der Waals surface area contributed by atoms with Gasteiger partial charge in [-0.05, 0) is 35.6 Å². The molecule has 2 aliphatic rings. The molecule has 10 heteroatoms. The number of carbonyl (C=O) groups is 1. The molecule has 1 aromatic heterocycles. The highest BCUT2D eigenvalue weighted by Gasteiger charge is 2.35. The first-order chi connectivity index (χ1) is 15.8. The van der Waals surface area contributed by atoms with Gasteiger partial charge in [0.2, 0.25) is 5.91 Å². The van der Waals surface area contributed by atoms with E-state index in [0.717, 1.165) is 36.6 Å². The lowest BCUT2D eigenvalue weighted by Gasteiger charge is -2.36. The van der Waals surface area contributed by atoms with Crippen LogP contribution in [0.2, 0.25) is 0 Å². The Labute approximate surface area is 198 Å². The number of carbonyl (C=O) groups excluding carboxylic acids is 1. The number of benzene rings is 1. The molecule has 180 valence electrons. The maximum absolute atomic E-state index is 14.0. The van der Waals surface area contributed by atoms with E-state index in [9.17, 15) is 17.6 Å². The molecule has 2 fully saturated rings. The summed E-state index contributed by atoms with van der Waals surface area (Å²) >= 11 is 1.58. The van der Waals surface area contributed by atoms with Crippen LogP contribution < -0.4 is 4.74 Å². The van der Waals surface area contributed by atoms with Gasteiger partial charge in [0.15, 0.2) is 21.4 Å². The van der Waals surface area contributed by atoms with Gasteiger partial charge >= 0.3 is 0 Å². The third-order valence-corrected chi connectivity index (χ3v) is 8.93. The van der Waals surface area contributed by atoms with Crippen molar-refractivity contribution in [2.45, 2.75) is 25.6 Å². The lowest BCUT2D eigenvalue weighted by molar-refractivity contribution is -0.135. The van der Waals surface area contributed by atoms with Crippen LogP contribution >= 0.6 is 11.3 Å². The number of piperazine rings is 1. The third-order valence-electron chi connectivity index (χ3n) is 6.32. The number of amides is 1. The summed E-state index contributed by atoms with van der Waals surface area (Å²) < 4.78 is 43.0. The van der Waals surface area contributed by atoms with Gasteiger partial charge in [0, 0.05) is 43.6 Å². The number of hydrogen-bond donors (Lipinski definition) is 0. The second kappa shape index (κ2) is 10.5. The van der Waals surface area contributed by atoms with E-state index in [2.05, 4.69) is 9.80 Å². The van der Waals surface area contributed by atoms with Crippen molar-refractivity contribution in [3.63, 3.8) is 0 Å². The molecular formula is C23H30FN3O4S2. The second-order valence-corrected chi connectivity index (χ2v) is 11.9. The van der Waals surface area contributed by atoms with Crippen molar-refractivity contribution in [3.05, 3.63) is 52.0 Å². The molecule has 0 unspecified atom stereocenters. The number of hydrogen-bond acceptors (Lipinski definition) is 7. The molecular weight excluding hydrogens is 465 g/mol. The zero-order valence-electron chi connectivity index (χ0n) is 18.8. The number of sulfone groups is 1. The van der Waals surface area contributed by atoms with Gasteiger partial charge in [-0.1, -0.05) is 12.1 Å². The first kappa shape index (κ1) is 24.1. The topological polar surface area (TPSA) is 70.2 Å². The van der Waals surface area contributed by atoms with Gasteiger partial charge in [0.05, 0.1) is 31.7 Å². The van der Waals surface area contributed by atoms with E-state index >= 15 is 0 Å².